The first-order chi connectivity index (χ1) is 16.2. The van der Waals surface area contributed by atoms with Gasteiger partial charge in [-0.15, -0.1) is 0 Å². The molecule has 34 heavy (non-hydrogen) atoms. The second-order valence-corrected chi connectivity index (χ2v) is 9.46. The van der Waals surface area contributed by atoms with Crippen LogP contribution in [0, 0.1) is 0 Å². The maximum atomic E-state index is 12.7. The van der Waals surface area contributed by atoms with Crippen LogP contribution in [0.3, 0.4) is 0 Å². The van der Waals surface area contributed by atoms with Gasteiger partial charge in [0.2, 0.25) is 17.6 Å². The fraction of sp³-hybridized carbons (Fsp3) is 0.360. The van der Waals surface area contributed by atoms with Crippen molar-refractivity contribution >= 4 is 11.7 Å². The van der Waals surface area contributed by atoms with Crippen molar-refractivity contribution in [1.29, 1.82) is 0 Å². The minimum absolute atomic E-state index is 0.180. The number of hydrogen-bond acceptors (Lipinski definition) is 7. The molecule has 0 aliphatic rings. The molecule has 9 nitrogen and oxygen atoms in total. The van der Waals surface area contributed by atoms with Crippen LogP contribution in [-0.4, -0.2) is 35.8 Å². The van der Waals surface area contributed by atoms with E-state index in [9.17, 15) is 4.79 Å². The van der Waals surface area contributed by atoms with E-state index >= 15 is 0 Å². The molecular weight excluding hydrogens is 430 g/mol. The Labute approximate surface area is 198 Å². The molecule has 0 atom stereocenters. The lowest BCUT2D eigenvalue weighted by Gasteiger charge is -2.13. The molecule has 0 radical (unpaired) electrons. The Bertz CT molecular complexity index is 1250. The van der Waals surface area contributed by atoms with E-state index in [2.05, 4.69) is 77.3 Å². The van der Waals surface area contributed by atoms with E-state index in [4.69, 9.17) is 4.52 Å². The Morgan fingerprint density at radius 3 is 2.47 bits per heavy atom. The zero-order valence-electron chi connectivity index (χ0n) is 20.1. The minimum atomic E-state index is -0.201. The molecule has 4 rings (SSSR count). The first-order valence-electron chi connectivity index (χ1n) is 11.3. The molecule has 0 saturated heterocycles. The van der Waals surface area contributed by atoms with Gasteiger partial charge >= 0.3 is 0 Å². The van der Waals surface area contributed by atoms with Crippen LogP contribution in [0.15, 0.2) is 53.3 Å². The third kappa shape index (κ3) is 5.36. The lowest BCUT2D eigenvalue weighted by Crippen LogP contribution is -2.16. The number of carbonyl (C=O) groups excluding carboxylic acids is 1. The van der Waals surface area contributed by atoms with Crippen molar-refractivity contribution < 1.29 is 9.32 Å². The lowest BCUT2D eigenvalue weighted by molar-refractivity contribution is -0.116. The summed E-state index contributed by atoms with van der Waals surface area (Å²) in [7, 11) is 0. The second kappa shape index (κ2) is 9.54. The molecule has 0 aliphatic carbocycles. The van der Waals surface area contributed by atoms with Gasteiger partial charge in [-0.3, -0.25) is 4.79 Å². The topological polar surface area (TPSA) is 112 Å². The van der Waals surface area contributed by atoms with Gasteiger partial charge in [-0.05, 0) is 17.5 Å². The third-order valence-electron chi connectivity index (χ3n) is 5.36. The van der Waals surface area contributed by atoms with Crippen molar-refractivity contribution in [3.8, 4) is 17.3 Å². The van der Waals surface area contributed by atoms with Crippen molar-refractivity contribution in [1.82, 2.24) is 29.9 Å². The summed E-state index contributed by atoms with van der Waals surface area (Å²) in [5.74, 6) is 2.08. The molecule has 0 aliphatic heterocycles. The maximum Gasteiger partial charge on any atom is 0.252 e. The average molecular weight is 460 g/mol. The van der Waals surface area contributed by atoms with Crippen LogP contribution in [0.4, 0.5) is 5.82 Å². The summed E-state index contributed by atoms with van der Waals surface area (Å²) >= 11 is 0. The number of nitrogens with zero attached hydrogens (tertiary/aromatic N) is 6. The van der Waals surface area contributed by atoms with Gasteiger partial charge in [-0.25, -0.2) is 9.97 Å². The van der Waals surface area contributed by atoms with E-state index < -0.39 is 0 Å². The molecule has 3 heterocycles. The number of carbonyl (C=O) groups is 1. The van der Waals surface area contributed by atoms with Crippen molar-refractivity contribution in [2.75, 3.05) is 5.32 Å². The number of nitrogens with one attached hydrogen (secondary N) is 1. The summed E-state index contributed by atoms with van der Waals surface area (Å²) in [6, 6.07) is 11.7. The zero-order valence-corrected chi connectivity index (χ0v) is 20.1. The number of anilines is 1. The van der Waals surface area contributed by atoms with Crippen LogP contribution >= 0.6 is 0 Å². The number of amides is 1. The number of rotatable bonds is 7. The van der Waals surface area contributed by atoms with Gasteiger partial charge in [0, 0.05) is 42.3 Å². The fourth-order valence-corrected chi connectivity index (χ4v) is 3.31. The van der Waals surface area contributed by atoms with Crippen molar-refractivity contribution in [2.24, 2.45) is 0 Å². The van der Waals surface area contributed by atoms with E-state index in [1.54, 1.807) is 23.1 Å². The fourth-order valence-electron chi connectivity index (χ4n) is 3.31. The van der Waals surface area contributed by atoms with Crippen LogP contribution in [-0.2, 0) is 16.6 Å². The number of aromatic nitrogens is 6. The highest BCUT2D eigenvalue weighted by molar-refractivity contribution is 5.90. The maximum absolute atomic E-state index is 12.7. The van der Waals surface area contributed by atoms with Gasteiger partial charge in [0.05, 0.1) is 5.69 Å². The molecule has 0 bridgehead atoms. The Hall–Kier alpha value is -3.88. The van der Waals surface area contributed by atoms with Crippen molar-refractivity contribution in [2.45, 2.75) is 58.8 Å². The summed E-state index contributed by atoms with van der Waals surface area (Å²) in [5.41, 5.74) is 2.75. The number of hydrogen-bond donors (Lipinski definition) is 1. The van der Waals surface area contributed by atoms with Crippen LogP contribution in [0.1, 0.15) is 64.1 Å². The zero-order chi connectivity index (χ0) is 24.3. The Balaban J connectivity index is 1.43. The molecule has 176 valence electrons. The number of benzene rings is 1. The molecule has 3 aromatic heterocycles. The Morgan fingerprint density at radius 2 is 1.82 bits per heavy atom. The van der Waals surface area contributed by atoms with Crippen LogP contribution in [0.2, 0.25) is 0 Å². The molecular formula is C25H29N7O2. The van der Waals surface area contributed by atoms with Crippen LogP contribution in [0.5, 0.6) is 0 Å². The SMILES string of the molecule is CC(C)c1ccc(-c2noc(CCC(=O)Nc3cc(C(C)(C)C)nn3-c3ncccn3)n2)cc1. The van der Waals surface area contributed by atoms with E-state index in [-0.39, 0.29) is 17.7 Å². The van der Waals surface area contributed by atoms with E-state index in [1.807, 2.05) is 18.2 Å². The molecule has 0 fully saturated rings. The van der Waals surface area contributed by atoms with E-state index in [1.165, 1.54) is 5.56 Å². The number of aryl methyl sites for hydroxylation is 1. The molecule has 1 N–H and O–H groups in total. The largest absolute Gasteiger partial charge is 0.339 e. The minimum Gasteiger partial charge on any atom is -0.339 e. The Morgan fingerprint density at radius 1 is 1.12 bits per heavy atom. The summed E-state index contributed by atoms with van der Waals surface area (Å²) in [4.78, 5) is 25.7. The molecule has 4 aromatic rings. The highest BCUT2D eigenvalue weighted by Crippen LogP contribution is 2.25. The van der Waals surface area contributed by atoms with Gasteiger partial charge in [0.1, 0.15) is 5.82 Å². The van der Waals surface area contributed by atoms with Crippen molar-refractivity contribution in [3.05, 3.63) is 65.9 Å². The molecule has 0 spiro atoms. The average Bonchev–Trinajstić information content (AvgIpc) is 3.46. The highest BCUT2D eigenvalue weighted by Gasteiger charge is 2.22. The van der Waals surface area contributed by atoms with E-state index in [0.29, 0.717) is 35.8 Å². The van der Waals surface area contributed by atoms with Gasteiger partial charge in [0.15, 0.2) is 0 Å². The lowest BCUT2D eigenvalue weighted by atomic mass is 9.92. The Kier molecular flexibility index (Phi) is 6.54. The molecule has 1 amide bonds. The van der Waals surface area contributed by atoms with E-state index in [0.717, 1.165) is 11.3 Å². The molecule has 9 heteroatoms. The standard InChI is InChI=1S/C25H29N7O2/c1-16(2)17-7-9-18(10-8-17)23-29-22(34-31-23)12-11-21(33)28-20-15-19(25(3,4)5)30-32(20)24-26-13-6-14-27-24/h6-10,13-16H,11-12H2,1-5H3,(H,28,33). The first-order valence-corrected chi connectivity index (χ1v) is 11.3. The second-order valence-electron chi connectivity index (χ2n) is 9.46. The summed E-state index contributed by atoms with van der Waals surface area (Å²) in [6.07, 6.45) is 3.77. The monoisotopic (exact) mass is 459 g/mol. The van der Waals surface area contributed by atoms with Gasteiger partial charge in [-0.2, -0.15) is 14.8 Å². The van der Waals surface area contributed by atoms with Gasteiger partial charge in [-0.1, -0.05) is 64.0 Å². The van der Waals surface area contributed by atoms with Crippen LogP contribution in [0.25, 0.3) is 17.3 Å². The highest BCUT2D eigenvalue weighted by atomic mass is 16.5. The smallest absolute Gasteiger partial charge is 0.252 e. The van der Waals surface area contributed by atoms with Gasteiger partial charge in [0.25, 0.3) is 5.95 Å². The molecule has 1 aromatic carbocycles. The van der Waals surface area contributed by atoms with Crippen molar-refractivity contribution in [3.63, 3.8) is 0 Å². The normalized spacial score (nSPS) is 11.7. The molecule has 0 unspecified atom stereocenters. The predicted molar refractivity (Wildman–Crippen MR) is 129 cm³/mol. The first kappa shape index (κ1) is 23.3. The summed E-state index contributed by atoms with van der Waals surface area (Å²) in [5, 5.41) is 11.6. The van der Waals surface area contributed by atoms with Gasteiger partial charge < -0.3 is 9.84 Å². The van der Waals surface area contributed by atoms with Crippen LogP contribution < -0.4 is 5.32 Å². The third-order valence-corrected chi connectivity index (χ3v) is 5.36. The predicted octanol–water partition coefficient (Wildman–Crippen LogP) is 4.70. The summed E-state index contributed by atoms with van der Waals surface area (Å²) in [6.45, 7) is 10.5. The molecule has 0 saturated carbocycles. The quantitative estimate of drug-likeness (QED) is 0.426. The summed E-state index contributed by atoms with van der Waals surface area (Å²) < 4.78 is 6.91.